The molecule has 0 bridgehead atoms. The van der Waals surface area contributed by atoms with Gasteiger partial charge in [0.2, 0.25) is 5.96 Å². The molecule has 0 spiro atoms. The number of nitrogens with zero attached hydrogens (tertiary/aromatic N) is 4. The third-order valence-electron chi connectivity index (χ3n) is 3.80. The molecule has 0 aromatic carbocycles. The van der Waals surface area contributed by atoms with Crippen LogP contribution < -0.4 is 5.73 Å². The predicted octanol–water partition coefficient (Wildman–Crippen LogP) is -2.06. The molecule has 0 saturated carbocycles. The highest BCUT2D eigenvalue weighted by atomic mass is 31.3. The number of ether oxygens (including phenoxy) is 1. The summed E-state index contributed by atoms with van der Waals surface area (Å²) in [5.74, 6) is -1.66. The lowest BCUT2D eigenvalue weighted by Crippen LogP contribution is -2.45. The summed E-state index contributed by atoms with van der Waals surface area (Å²) in [4.78, 5) is 70.8. The van der Waals surface area contributed by atoms with Crippen molar-refractivity contribution in [2.75, 3.05) is 6.61 Å². The summed E-state index contributed by atoms with van der Waals surface area (Å²) in [5.41, 5.74) is 4.99. The number of amides is 3. The van der Waals surface area contributed by atoms with Crippen LogP contribution in [0.2, 0.25) is 0 Å². The van der Waals surface area contributed by atoms with Crippen LogP contribution in [-0.4, -0.2) is 84.1 Å². The Morgan fingerprint density at radius 2 is 1.72 bits per heavy atom. The normalized spacial score (nSPS) is 29.7. The second-order valence-electron chi connectivity index (χ2n) is 6.14. The summed E-state index contributed by atoms with van der Waals surface area (Å²) >= 11 is 0. The Labute approximate surface area is 176 Å². The maximum absolute atomic E-state index is 12.2. The quantitative estimate of drug-likeness (QED) is 0.187. The Morgan fingerprint density at radius 1 is 1.06 bits per heavy atom. The van der Waals surface area contributed by atoms with E-state index < -0.39 is 72.1 Å². The molecule has 3 rings (SSSR count). The zero-order chi connectivity index (χ0) is 24.1. The molecule has 32 heavy (non-hydrogen) atoms. The van der Waals surface area contributed by atoms with Gasteiger partial charge >= 0.3 is 35.4 Å². The summed E-state index contributed by atoms with van der Waals surface area (Å²) in [6.45, 7) is -0.952. The standard InChI is InChI=1S/C10H14N5O14P3/c11-9-13-7-6(8(17)14-9)12-10(18)15(7)5-1-3(16)4(27-5)2-26-31(22,23)29-32(24,25)28-30(19,20)21/h3-5,16H,1-2H2,(H,22,23)(H,24,25)(H2,11,14,17)(H2,19,20,21). The van der Waals surface area contributed by atoms with Crippen LogP contribution in [0.4, 0.5) is 4.79 Å². The lowest BCUT2D eigenvalue weighted by atomic mass is 10.2. The molecular weight excluding hydrogens is 507 g/mol. The average Bonchev–Trinajstić information content (AvgIpc) is 3.09. The number of rotatable bonds is 8. The minimum Gasteiger partial charge on any atom is -0.390 e. The smallest absolute Gasteiger partial charge is 0.390 e. The summed E-state index contributed by atoms with van der Waals surface area (Å²) in [7, 11) is -16.7. The molecule has 3 aliphatic heterocycles. The number of hydrogen-bond acceptors (Lipinski definition) is 12. The van der Waals surface area contributed by atoms with E-state index in [4.69, 9.17) is 25.2 Å². The van der Waals surface area contributed by atoms with Gasteiger partial charge in [-0.05, 0) is 0 Å². The fourth-order valence-corrected chi connectivity index (χ4v) is 5.73. The van der Waals surface area contributed by atoms with Gasteiger partial charge in [-0.25, -0.2) is 23.4 Å². The molecule has 5 atom stereocenters. The molecule has 0 aliphatic carbocycles. The van der Waals surface area contributed by atoms with Crippen LogP contribution in [0.5, 0.6) is 0 Å². The van der Waals surface area contributed by atoms with Gasteiger partial charge in [0, 0.05) is 6.42 Å². The molecule has 7 N–H and O–H groups in total. The van der Waals surface area contributed by atoms with Crippen molar-refractivity contribution >= 4 is 52.9 Å². The van der Waals surface area contributed by atoms with Gasteiger partial charge in [-0.15, -0.1) is 0 Å². The number of guanidine groups is 1. The highest BCUT2D eigenvalue weighted by Crippen LogP contribution is 2.66. The Bertz CT molecular complexity index is 1080. The molecule has 22 heteroatoms. The zero-order valence-electron chi connectivity index (χ0n) is 15.3. The van der Waals surface area contributed by atoms with Gasteiger partial charge in [0.15, 0.2) is 11.5 Å². The summed E-state index contributed by atoms with van der Waals surface area (Å²) < 4.78 is 50.6. The van der Waals surface area contributed by atoms with Crippen molar-refractivity contribution in [2.45, 2.75) is 24.9 Å². The first-order valence-electron chi connectivity index (χ1n) is 8.08. The van der Waals surface area contributed by atoms with E-state index in [2.05, 4.69) is 28.1 Å². The number of phosphoric acid groups is 3. The Kier molecular flexibility index (Phi) is 6.67. The van der Waals surface area contributed by atoms with E-state index in [1.165, 1.54) is 0 Å². The highest BCUT2D eigenvalue weighted by molar-refractivity contribution is 7.66. The number of hydrogen-bond donors (Lipinski definition) is 6. The second-order valence-corrected chi connectivity index (χ2v) is 10.6. The first-order chi connectivity index (χ1) is 14.6. The average molecular weight is 521 g/mol. The molecule has 0 radical (unpaired) electrons. The van der Waals surface area contributed by atoms with Gasteiger partial charge in [0.1, 0.15) is 12.3 Å². The van der Waals surface area contributed by atoms with Crippen LogP contribution in [-0.2, 0) is 36.4 Å². The van der Waals surface area contributed by atoms with E-state index in [1.807, 2.05) is 0 Å². The maximum atomic E-state index is 12.2. The fourth-order valence-electron chi connectivity index (χ4n) is 2.70. The van der Waals surface area contributed by atoms with Crippen molar-refractivity contribution in [2.24, 2.45) is 20.7 Å². The minimum absolute atomic E-state index is 0.279. The SMILES string of the molecule is NC1=NC(=O)C2=NC(=O)N(C3CC(O)C(COP(=O)(O)OP(=O)(O)OP(=O)(O)O)O3)C2=N1. The van der Waals surface area contributed by atoms with Crippen molar-refractivity contribution in [3.05, 3.63) is 0 Å². The molecule has 5 unspecified atom stereocenters. The van der Waals surface area contributed by atoms with E-state index in [9.17, 15) is 33.3 Å². The molecular formula is C10H14N5O14P3. The zero-order valence-corrected chi connectivity index (χ0v) is 17.9. The van der Waals surface area contributed by atoms with E-state index in [1.54, 1.807) is 0 Å². The first-order valence-corrected chi connectivity index (χ1v) is 12.6. The topological polar surface area (TPSA) is 290 Å². The number of fused-ring (bicyclic) bond motifs is 1. The van der Waals surface area contributed by atoms with Crippen molar-refractivity contribution in [3.8, 4) is 0 Å². The van der Waals surface area contributed by atoms with Crippen molar-refractivity contribution in [1.82, 2.24) is 4.90 Å². The predicted molar refractivity (Wildman–Crippen MR) is 97.8 cm³/mol. The van der Waals surface area contributed by atoms with Crippen molar-refractivity contribution in [3.63, 3.8) is 0 Å². The molecule has 3 aliphatic rings. The Hall–Kier alpha value is -1.72. The van der Waals surface area contributed by atoms with Gasteiger partial charge in [-0.3, -0.25) is 9.32 Å². The molecule has 3 amide bonds. The van der Waals surface area contributed by atoms with Crippen LogP contribution in [0.25, 0.3) is 0 Å². The molecule has 19 nitrogen and oxygen atoms in total. The molecule has 1 saturated heterocycles. The number of phosphoric ester groups is 1. The number of aliphatic hydroxyl groups excluding tert-OH is 1. The van der Waals surface area contributed by atoms with E-state index >= 15 is 0 Å². The van der Waals surface area contributed by atoms with Crippen molar-refractivity contribution in [1.29, 1.82) is 0 Å². The van der Waals surface area contributed by atoms with Crippen LogP contribution in [0.15, 0.2) is 15.0 Å². The maximum Gasteiger partial charge on any atom is 0.490 e. The van der Waals surface area contributed by atoms with Crippen LogP contribution in [0.3, 0.4) is 0 Å². The van der Waals surface area contributed by atoms with Gasteiger partial charge < -0.3 is 35.2 Å². The van der Waals surface area contributed by atoms with E-state index in [-0.39, 0.29) is 12.3 Å². The molecule has 1 fully saturated rings. The fraction of sp³-hybridized carbons (Fsp3) is 0.500. The number of carbonyl (C=O) groups is 2. The highest BCUT2D eigenvalue weighted by Gasteiger charge is 2.48. The number of urea groups is 1. The van der Waals surface area contributed by atoms with E-state index in [0.29, 0.717) is 0 Å². The number of nitrogens with two attached hydrogens (primary N) is 1. The first kappa shape index (κ1) is 24.9. The largest absolute Gasteiger partial charge is 0.490 e. The number of amidine groups is 1. The monoisotopic (exact) mass is 521 g/mol. The molecule has 0 aromatic heterocycles. The number of aliphatic imine (C=N–C) groups is 3. The van der Waals surface area contributed by atoms with Gasteiger partial charge in [-0.2, -0.15) is 23.6 Å². The Balaban J connectivity index is 1.64. The molecule has 178 valence electrons. The minimum atomic E-state index is -5.72. The van der Waals surface area contributed by atoms with Crippen LogP contribution in [0, 0.1) is 0 Å². The third kappa shape index (κ3) is 5.79. The second kappa shape index (κ2) is 8.57. The Morgan fingerprint density at radius 3 is 2.34 bits per heavy atom. The molecule has 0 aromatic rings. The summed E-state index contributed by atoms with van der Waals surface area (Å²) in [5, 5.41) is 10.1. The van der Waals surface area contributed by atoms with Gasteiger partial charge in [0.05, 0.1) is 12.7 Å². The van der Waals surface area contributed by atoms with Crippen LogP contribution >= 0.6 is 23.5 Å². The van der Waals surface area contributed by atoms with Crippen LogP contribution in [0.1, 0.15) is 6.42 Å². The molecule has 3 heterocycles. The third-order valence-corrected chi connectivity index (χ3v) is 7.61. The van der Waals surface area contributed by atoms with Gasteiger partial charge in [0.25, 0.3) is 0 Å². The number of carbonyl (C=O) groups excluding carboxylic acids is 2. The lowest BCUT2D eigenvalue weighted by Gasteiger charge is -2.24. The van der Waals surface area contributed by atoms with Crippen molar-refractivity contribution < 1.29 is 65.8 Å². The number of aliphatic hydroxyl groups is 1. The van der Waals surface area contributed by atoms with E-state index in [0.717, 1.165) is 4.90 Å². The summed E-state index contributed by atoms with van der Waals surface area (Å²) in [6.07, 6.45) is -4.41. The van der Waals surface area contributed by atoms with Gasteiger partial charge in [-0.1, -0.05) is 0 Å². The lowest BCUT2D eigenvalue weighted by molar-refractivity contribution is -0.111. The summed E-state index contributed by atoms with van der Waals surface area (Å²) in [6, 6.07) is -0.984.